The molecule has 1 aliphatic heterocycles. The highest BCUT2D eigenvalue weighted by Crippen LogP contribution is 2.37. The van der Waals surface area contributed by atoms with Crippen molar-refractivity contribution in [3.05, 3.63) is 76.3 Å². The second-order valence-electron chi connectivity index (χ2n) is 9.30. The van der Waals surface area contributed by atoms with Gasteiger partial charge in [-0.2, -0.15) is 14.9 Å². The number of nitrogens with zero attached hydrogens (tertiary/aromatic N) is 5. The lowest BCUT2D eigenvalue weighted by molar-refractivity contribution is 0.102. The first-order chi connectivity index (χ1) is 18.3. The van der Waals surface area contributed by atoms with Gasteiger partial charge in [0.1, 0.15) is 11.4 Å². The molecule has 2 aromatic carbocycles. The first-order valence-corrected chi connectivity index (χ1v) is 12.5. The minimum absolute atomic E-state index is 0.153. The molecule has 2 aromatic heterocycles. The van der Waals surface area contributed by atoms with Crippen LogP contribution in [0.25, 0.3) is 16.6 Å². The fourth-order valence-corrected chi connectivity index (χ4v) is 4.58. The average molecular weight is 524 g/mol. The second kappa shape index (κ2) is 11.5. The van der Waals surface area contributed by atoms with Gasteiger partial charge in [-0.15, -0.1) is 0 Å². The number of hydrogen-bond donors (Lipinski definition) is 2. The summed E-state index contributed by atoms with van der Waals surface area (Å²) in [4.78, 5) is 27.8. The molecular formula is C27H31F2N7O2. The summed E-state index contributed by atoms with van der Waals surface area (Å²) < 4.78 is 31.1. The summed E-state index contributed by atoms with van der Waals surface area (Å²) >= 11 is 0. The molecule has 38 heavy (non-hydrogen) atoms. The van der Waals surface area contributed by atoms with Gasteiger partial charge in [0.2, 0.25) is 0 Å². The molecule has 0 bridgehead atoms. The van der Waals surface area contributed by atoms with Crippen molar-refractivity contribution in [2.45, 2.75) is 33.2 Å². The molecule has 1 saturated heterocycles. The van der Waals surface area contributed by atoms with Gasteiger partial charge in [-0.05, 0) is 56.1 Å². The van der Waals surface area contributed by atoms with Crippen molar-refractivity contribution in [3.8, 4) is 5.69 Å². The van der Waals surface area contributed by atoms with E-state index in [9.17, 15) is 18.4 Å². The molecule has 0 aliphatic carbocycles. The van der Waals surface area contributed by atoms with E-state index < -0.39 is 28.8 Å². The maximum atomic E-state index is 14.3. The largest absolute Gasteiger partial charge is 0.369 e. The molecule has 9 nitrogen and oxygen atoms in total. The number of carbonyl (C=O) groups is 1. The van der Waals surface area contributed by atoms with Gasteiger partial charge in [-0.1, -0.05) is 19.9 Å². The summed E-state index contributed by atoms with van der Waals surface area (Å²) in [5.41, 5.74) is 5.39. The first-order valence-electron chi connectivity index (χ1n) is 12.5. The van der Waals surface area contributed by atoms with Gasteiger partial charge >= 0.3 is 0 Å². The van der Waals surface area contributed by atoms with E-state index in [0.717, 1.165) is 67.3 Å². The van der Waals surface area contributed by atoms with Crippen LogP contribution in [0.1, 0.15) is 37.2 Å². The van der Waals surface area contributed by atoms with Gasteiger partial charge in [-0.25, -0.2) is 8.78 Å². The zero-order valence-electron chi connectivity index (χ0n) is 21.6. The maximum absolute atomic E-state index is 14.3. The van der Waals surface area contributed by atoms with Crippen LogP contribution >= 0.6 is 0 Å². The van der Waals surface area contributed by atoms with E-state index in [1.165, 1.54) is 19.2 Å². The lowest BCUT2D eigenvalue weighted by Gasteiger charge is -2.23. The van der Waals surface area contributed by atoms with Crippen molar-refractivity contribution >= 4 is 28.2 Å². The average Bonchev–Trinajstić information content (AvgIpc) is 3.56. The molecular weight excluding hydrogens is 492 g/mol. The fraction of sp³-hybridized carbons (Fsp3) is 0.333. The normalized spacial score (nSPS) is 13.1. The predicted octanol–water partition coefficient (Wildman–Crippen LogP) is 3.94. The van der Waals surface area contributed by atoms with Gasteiger partial charge in [0.15, 0.2) is 11.6 Å². The van der Waals surface area contributed by atoms with Crippen molar-refractivity contribution in [1.82, 2.24) is 19.6 Å². The molecule has 5 rings (SSSR count). The minimum Gasteiger partial charge on any atom is -0.369 e. The second-order valence-corrected chi connectivity index (χ2v) is 9.30. The molecule has 0 atom stereocenters. The van der Waals surface area contributed by atoms with Crippen LogP contribution in [0.15, 0.2) is 53.5 Å². The van der Waals surface area contributed by atoms with Crippen molar-refractivity contribution in [2.75, 3.05) is 30.4 Å². The lowest BCUT2D eigenvalue weighted by atomic mass is 10.1. The summed E-state index contributed by atoms with van der Waals surface area (Å²) in [7, 11) is 1.50. The number of halogens is 2. The van der Waals surface area contributed by atoms with E-state index in [1.54, 1.807) is 0 Å². The van der Waals surface area contributed by atoms with Gasteiger partial charge in [-0.3, -0.25) is 14.3 Å². The highest BCUT2D eigenvalue weighted by atomic mass is 19.1. The molecule has 0 spiro atoms. The minimum atomic E-state index is -0.956. The summed E-state index contributed by atoms with van der Waals surface area (Å²) in [6.45, 7) is 6.74. The molecule has 0 unspecified atom stereocenters. The molecule has 0 radical (unpaired) electrons. The number of nitrogens with two attached hydrogens (primary N) is 1. The SMILES string of the molecule is CC(C)Cn1ncc2c(N3CCCC3)c(NC(=O)c3ccc(=O)n(-c4c(F)cccc4F)n3)ccc21.CN. The first kappa shape index (κ1) is 26.9. The third-order valence-electron chi connectivity index (χ3n) is 6.19. The van der Waals surface area contributed by atoms with Crippen LogP contribution in [0.2, 0.25) is 0 Å². The van der Waals surface area contributed by atoms with Crippen LogP contribution in [0.4, 0.5) is 20.2 Å². The number of fused-ring (bicyclic) bond motifs is 1. The molecule has 200 valence electrons. The zero-order chi connectivity index (χ0) is 27.4. The van der Waals surface area contributed by atoms with Crippen LogP contribution in [0.5, 0.6) is 0 Å². The number of amides is 1. The lowest BCUT2D eigenvalue weighted by Crippen LogP contribution is -2.27. The molecule has 3 heterocycles. The maximum Gasteiger partial charge on any atom is 0.276 e. The number of anilines is 2. The quantitative estimate of drug-likeness (QED) is 0.396. The molecule has 0 saturated carbocycles. The number of aromatic nitrogens is 4. The Bertz CT molecular complexity index is 1490. The monoisotopic (exact) mass is 523 g/mol. The van der Waals surface area contributed by atoms with Crippen LogP contribution in [0, 0.1) is 17.6 Å². The van der Waals surface area contributed by atoms with E-state index in [1.807, 2.05) is 23.0 Å². The molecule has 1 amide bonds. The van der Waals surface area contributed by atoms with Gasteiger partial charge in [0, 0.05) is 31.1 Å². The highest BCUT2D eigenvalue weighted by molar-refractivity contribution is 6.08. The number of para-hydroxylation sites is 1. The summed E-state index contributed by atoms with van der Waals surface area (Å²) in [5.74, 6) is -2.09. The molecule has 11 heteroatoms. The van der Waals surface area contributed by atoms with E-state index in [2.05, 4.69) is 40.0 Å². The van der Waals surface area contributed by atoms with Crippen molar-refractivity contribution in [1.29, 1.82) is 0 Å². The Morgan fingerprint density at radius 2 is 1.71 bits per heavy atom. The zero-order valence-corrected chi connectivity index (χ0v) is 21.6. The fourth-order valence-electron chi connectivity index (χ4n) is 4.58. The summed E-state index contributed by atoms with van der Waals surface area (Å²) in [6.07, 6.45) is 3.91. The summed E-state index contributed by atoms with van der Waals surface area (Å²) in [6, 6.07) is 9.29. The van der Waals surface area contributed by atoms with E-state index >= 15 is 0 Å². The number of hydrogen-bond acceptors (Lipinski definition) is 6. The standard InChI is InChI=1S/C26H26F2N6O2.CH5N/c1-16(2)15-33-22-10-8-20(24(17(22)14-29-33)32-12-3-4-13-32)30-26(36)21-9-11-23(35)34(31-21)25-18(27)6-5-7-19(25)28;1-2/h5-11,14,16H,3-4,12-13,15H2,1-2H3,(H,30,36);2H2,1H3. The van der Waals surface area contributed by atoms with E-state index in [4.69, 9.17) is 0 Å². The smallest absolute Gasteiger partial charge is 0.276 e. The van der Waals surface area contributed by atoms with Crippen LogP contribution in [-0.4, -0.2) is 45.6 Å². The highest BCUT2D eigenvalue weighted by Gasteiger charge is 2.23. The number of carbonyl (C=O) groups excluding carboxylic acids is 1. The Labute approximate surface area is 218 Å². The van der Waals surface area contributed by atoms with Crippen LogP contribution < -0.4 is 21.5 Å². The third kappa shape index (κ3) is 5.28. The molecule has 3 N–H and O–H groups in total. The Morgan fingerprint density at radius 3 is 2.37 bits per heavy atom. The van der Waals surface area contributed by atoms with E-state index in [0.29, 0.717) is 16.3 Å². The Morgan fingerprint density at radius 1 is 1.03 bits per heavy atom. The summed E-state index contributed by atoms with van der Waals surface area (Å²) in [5, 5.41) is 12.4. The topological polar surface area (TPSA) is 111 Å². The van der Waals surface area contributed by atoms with Crippen LogP contribution in [-0.2, 0) is 6.54 Å². The molecule has 4 aromatic rings. The van der Waals surface area contributed by atoms with Gasteiger partial charge in [0.05, 0.1) is 23.1 Å². The van der Waals surface area contributed by atoms with Crippen molar-refractivity contribution in [3.63, 3.8) is 0 Å². The number of benzene rings is 2. The number of rotatable bonds is 6. The van der Waals surface area contributed by atoms with Gasteiger partial charge in [0.25, 0.3) is 11.5 Å². The Kier molecular flexibility index (Phi) is 8.16. The van der Waals surface area contributed by atoms with Gasteiger partial charge < -0.3 is 16.0 Å². The third-order valence-corrected chi connectivity index (χ3v) is 6.19. The van der Waals surface area contributed by atoms with Crippen LogP contribution in [0.3, 0.4) is 0 Å². The van der Waals surface area contributed by atoms with Crippen molar-refractivity contribution < 1.29 is 13.6 Å². The molecule has 1 aliphatic rings. The van der Waals surface area contributed by atoms with E-state index in [-0.39, 0.29) is 5.69 Å². The number of nitrogens with one attached hydrogen (secondary N) is 1. The Balaban J connectivity index is 0.00000164. The Hall–Kier alpha value is -4.12. The predicted molar refractivity (Wildman–Crippen MR) is 144 cm³/mol. The van der Waals surface area contributed by atoms with Crippen molar-refractivity contribution in [2.24, 2.45) is 11.7 Å². The molecule has 1 fully saturated rings.